The molecule has 0 fully saturated rings. The largest absolute Gasteiger partial charge is 0.310 e. The Morgan fingerprint density at radius 3 is 2.43 bits per heavy atom. The smallest absolute Gasteiger partial charge is 0.229 e. The molecular formula is C19H23N3O. The molecule has 0 radical (unpaired) electrons. The van der Waals surface area contributed by atoms with Gasteiger partial charge in [-0.05, 0) is 39.2 Å². The van der Waals surface area contributed by atoms with Gasteiger partial charge in [0.1, 0.15) is 5.82 Å². The summed E-state index contributed by atoms with van der Waals surface area (Å²) in [4.78, 5) is 12.6. The zero-order valence-electron chi connectivity index (χ0n) is 13.9. The van der Waals surface area contributed by atoms with E-state index in [1.54, 1.807) is 0 Å². The van der Waals surface area contributed by atoms with Crippen molar-refractivity contribution >= 4 is 11.7 Å². The molecule has 0 saturated carbocycles. The van der Waals surface area contributed by atoms with Crippen molar-refractivity contribution in [1.82, 2.24) is 9.78 Å². The molecule has 0 spiro atoms. The van der Waals surface area contributed by atoms with Crippen molar-refractivity contribution < 1.29 is 4.79 Å². The van der Waals surface area contributed by atoms with Crippen molar-refractivity contribution in [2.24, 2.45) is 5.92 Å². The highest BCUT2D eigenvalue weighted by Gasteiger charge is 2.26. The van der Waals surface area contributed by atoms with E-state index in [9.17, 15) is 4.79 Å². The first-order valence-corrected chi connectivity index (χ1v) is 8.06. The number of aromatic nitrogens is 2. The van der Waals surface area contributed by atoms with E-state index in [2.05, 4.69) is 43.3 Å². The number of rotatable bonds is 3. The first-order chi connectivity index (χ1) is 11.0. The fourth-order valence-electron chi connectivity index (χ4n) is 2.86. The molecule has 1 aromatic heterocycles. The topological polar surface area (TPSA) is 46.9 Å². The van der Waals surface area contributed by atoms with E-state index in [-0.39, 0.29) is 17.4 Å². The third-order valence-corrected chi connectivity index (χ3v) is 4.11. The van der Waals surface area contributed by atoms with Crippen LogP contribution in [-0.4, -0.2) is 15.7 Å². The van der Waals surface area contributed by atoms with Gasteiger partial charge in [-0.3, -0.25) is 4.79 Å². The van der Waals surface area contributed by atoms with Crippen LogP contribution in [0.5, 0.6) is 0 Å². The Morgan fingerprint density at radius 1 is 1.17 bits per heavy atom. The van der Waals surface area contributed by atoms with Gasteiger partial charge in [0.2, 0.25) is 5.91 Å². The van der Waals surface area contributed by atoms with Gasteiger partial charge in [0.05, 0.1) is 11.7 Å². The molecule has 120 valence electrons. The molecule has 0 unspecified atom stereocenters. The average Bonchev–Trinajstić information content (AvgIpc) is 3.17. The fraction of sp³-hybridized carbons (Fsp3) is 0.368. The van der Waals surface area contributed by atoms with Crippen LogP contribution in [0.4, 0.5) is 5.82 Å². The average molecular weight is 309 g/mol. The Bertz CT molecular complexity index is 715. The molecule has 1 N–H and O–H groups in total. The summed E-state index contributed by atoms with van der Waals surface area (Å²) in [5.74, 6) is 0.876. The minimum atomic E-state index is -0.205. The lowest BCUT2D eigenvalue weighted by atomic mass is 10.0. The maximum atomic E-state index is 12.6. The van der Waals surface area contributed by atoms with E-state index in [1.165, 1.54) is 0 Å². The van der Waals surface area contributed by atoms with Crippen LogP contribution in [0.3, 0.4) is 0 Å². The second-order valence-electron chi connectivity index (χ2n) is 6.98. The predicted molar refractivity (Wildman–Crippen MR) is 93.2 cm³/mol. The SMILES string of the molecule is CC(C)(C)n1ncc(-c2ccccc2)c1NC(=O)C1CC=CC1. The van der Waals surface area contributed by atoms with Gasteiger partial charge in [-0.2, -0.15) is 5.10 Å². The lowest BCUT2D eigenvalue weighted by Crippen LogP contribution is -2.29. The second-order valence-corrected chi connectivity index (χ2v) is 6.98. The number of nitrogens with one attached hydrogen (secondary N) is 1. The molecule has 1 aromatic carbocycles. The molecule has 2 aromatic rings. The number of carbonyl (C=O) groups excluding carboxylic acids is 1. The Morgan fingerprint density at radius 2 is 1.83 bits per heavy atom. The van der Waals surface area contributed by atoms with Crippen LogP contribution in [0.15, 0.2) is 48.7 Å². The first-order valence-electron chi connectivity index (χ1n) is 8.06. The van der Waals surface area contributed by atoms with Gasteiger partial charge in [-0.25, -0.2) is 4.68 Å². The number of benzene rings is 1. The molecule has 4 heteroatoms. The molecule has 1 aliphatic carbocycles. The maximum absolute atomic E-state index is 12.6. The van der Waals surface area contributed by atoms with Crippen molar-refractivity contribution in [3.8, 4) is 11.1 Å². The van der Waals surface area contributed by atoms with Gasteiger partial charge in [-0.1, -0.05) is 42.5 Å². The summed E-state index contributed by atoms with van der Waals surface area (Å²) >= 11 is 0. The van der Waals surface area contributed by atoms with Crippen molar-refractivity contribution in [1.29, 1.82) is 0 Å². The molecule has 0 atom stereocenters. The number of carbonyl (C=O) groups is 1. The van der Waals surface area contributed by atoms with Crippen LogP contribution in [0.2, 0.25) is 0 Å². The number of hydrogen-bond donors (Lipinski definition) is 1. The second kappa shape index (κ2) is 6.03. The van der Waals surface area contributed by atoms with E-state index in [0.717, 1.165) is 29.8 Å². The molecule has 0 aliphatic heterocycles. The number of allylic oxidation sites excluding steroid dienone is 2. The standard InChI is InChI=1S/C19H23N3O/c1-19(2,3)22-17(21-18(23)15-11-7-8-12-15)16(13-20-22)14-9-5-4-6-10-14/h4-10,13,15H,11-12H2,1-3H3,(H,21,23). The molecule has 1 aliphatic rings. The van der Waals surface area contributed by atoms with Crippen molar-refractivity contribution in [2.75, 3.05) is 5.32 Å². The van der Waals surface area contributed by atoms with Crippen molar-refractivity contribution in [2.45, 2.75) is 39.2 Å². The summed E-state index contributed by atoms with van der Waals surface area (Å²) in [6.07, 6.45) is 7.61. The van der Waals surface area contributed by atoms with Crippen LogP contribution in [0.25, 0.3) is 11.1 Å². The van der Waals surface area contributed by atoms with Gasteiger partial charge in [0, 0.05) is 11.5 Å². The van der Waals surface area contributed by atoms with Gasteiger partial charge in [-0.15, -0.1) is 0 Å². The summed E-state index contributed by atoms with van der Waals surface area (Å²) < 4.78 is 1.90. The number of anilines is 1. The quantitative estimate of drug-likeness (QED) is 0.863. The highest BCUT2D eigenvalue weighted by atomic mass is 16.2. The summed E-state index contributed by atoms with van der Waals surface area (Å²) in [6.45, 7) is 6.25. The Labute approximate surface area is 137 Å². The van der Waals surface area contributed by atoms with Crippen molar-refractivity contribution in [3.63, 3.8) is 0 Å². The van der Waals surface area contributed by atoms with Gasteiger partial charge >= 0.3 is 0 Å². The molecule has 0 saturated heterocycles. The van der Waals surface area contributed by atoms with Crippen LogP contribution in [0, 0.1) is 5.92 Å². The molecule has 23 heavy (non-hydrogen) atoms. The van der Waals surface area contributed by atoms with Gasteiger partial charge in [0.25, 0.3) is 0 Å². The molecule has 3 rings (SSSR count). The highest BCUT2D eigenvalue weighted by molar-refractivity contribution is 5.96. The van der Waals surface area contributed by atoms with Gasteiger partial charge in [0.15, 0.2) is 0 Å². The first kappa shape index (κ1) is 15.5. The summed E-state index contributed by atoms with van der Waals surface area (Å²) in [5, 5.41) is 7.66. The van der Waals surface area contributed by atoms with Crippen LogP contribution < -0.4 is 5.32 Å². The monoisotopic (exact) mass is 309 g/mol. The third kappa shape index (κ3) is 3.21. The van der Waals surface area contributed by atoms with Crippen LogP contribution in [0.1, 0.15) is 33.6 Å². The number of nitrogens with zero attached hydrogens (tertiary/aromatic N) is 2. The minimum Gasteiger partial charge on any atom is -0.310 e. The zero-order chi connectivity index (χ0) is 16.4. The van der Waals surface area contributed by atoms with E-state index < -0.39 is 0 Å². The van der Waals surface area contributed by atoms with Crippen molar-refractivity contribution in [3.05, 3.63) is 48.7 Å². The molecule has 1 amide bonds. The molecule has 0 bridgehead atoms. The van der Waals surface area contributed by atoms with Gasteiger partial charge < -0.3 is 5.32 Å². The third-order valence-electron chi connectivity index (χ3n) is 4.11. The van der Waals surface area contributed by atoms with Crippen LogP contribution in [-0.2, 0) is 10.3 Å². The number of amides is 1. The Balaban J connectivity index is 1.98. The lowest BCUT2D eigenvalue weighted by molar-refractivity contribution is -0.119. The summed E-state index contributed by atoms with van der Waals surface area (Å²) in [7, 11) is 0. The predicted octanol–water partition coefficient (Wildman–Crippen LogP) is 4.21. The minimum absolute atomic E-state index is 0.0296. The fourth-order valence-corrected chi connectivity index (χ4v) is 2.86. The van der Waals surface area contributed by atoms with E-state index >= 15 is 0 Å². The summed E-state index contributed by atoms with van der Waals surface area (Å²) in [6, 6.07) is 10.1. The van der Waals surface area contributed by atoms with E-state index in [1.807, 2.05) is 41.2 Å². The normalized spacial score (nSPS) is 15.1. The highest BCUT2D eigenvalue weighted by Crippen LogP contribution is 2.32. The Hall–Kier alpha value is -2.36. The maximum Gasteiger partial charge on any atom is 0.229 e. The summed E-state index contributed by atoms with van der Waals surface area (Å²) in [5.41, 5.74) is 1.81. The lowest BCUT2D eigenvalue weighted by Gasteiger charge is -2.24. The van der Waals surface area contributed by atoms with E-state index in [0.29, 0.717) is 0 Å². The molecular weight excluding hydrogens is 286 g/mol. The van der Waals surface area contributed by atoms with Crippen LogP contribution >= 0.6 is 0 Å². The zero-order valence-corrected chi connectivity index (χ0v) is 13.9. The Kier molecular flexibility index (Phi) is 4.07. The number of hydrogen-bond acceptors (Lipinski definition) is 2. The molecule has 1 heterocycles. The molecule has 4 nitrogen and oxygen atoms in total. The van der Waals surface area contributed by atoms with E-state index in [4.69, 9.17) is 0 Å².